The summed E-state index contributed by atoms with van der Waals surface area (Å²) in [6.07, 6.45) is 10.8. The third-order valence-corrected chi connectivity index (χ3v) is 7.08. The Labute approximate surface area is 136 Å². The Hall–Kier alpha value is -1.19. The van der Waals surface area contributed by atoms with E-state index < -0.39 is 0 Å². The molecular formula is C19H21NOS. The minimum Gasteiger partial charge on any atom is -0.475 e. The van der Waals surface area contributed by atoms with Crippen LogP contribution in [0.2, 0.25) is 0 Å². The first kappa shape index (κ1) is 13.3. The number of hydrogen-bond acceptors (Lipinski definition) is 3. The van der Waals surface area contributed by atoms with E-state index in [0.29, 0.717) is 6.04 Å². The molecule has 1 saturated heterocycles. The Balaban J connectivity index is 1.58. The van der Waals surface area contributed by atoms with Crippen molar-refractivity contribution in [1.29, 1.82) is 0 Å². The van der Waals surface area contributed by atoms with Crippen molar-refractivity contribution < 1.29 is 4.74 Å². The fourth-order valence-corrected chi connectivity index (χ4v) is 5.42. The van der Waals surface area contributed by atoms with Crippen LogP contribution in [-0.2, 0) is 5.41 Å². The molecule has 2 atom stereocenters. The Bertz CT molecular complexity index is 718. The van der Waals surface area contributed by atoms with Crippen LogP contribution in [0.5, 0.6) is 5.75 Å². The molecule has 1 spiro atoms. The molecule has 3 heteroatoms. The molecule has 0 radical (unpaired) electrons. The summed E-state index contributed by atoms with van der Waals surface area (Å²) >= 11 is 1.94. The van der Waals surface area contributed by atoms with Crippen molar-refractivity contribution in [2.24, 2.45) is 0 Å². The zero-order chi connectivity index (χ0) is 14.9. The lowest BCUT2D eigenvalue weighted by molar-refractivity contribution is 0.278. The van der Waals surface area contributed by atoms with Crippen molar-refractivity contribution in [1.82, 2.24) is 4.90 Å². The number of hydrogen-bond donors (Lipinski definition) is 0. The Morgan fingerprint density at radius 1 is 1.27 bits per heavy atom. The molecule has 2 aliphatic heterocycles. The third kappa shape index (κ3) is 1.73. The number of likely N-dealkylation sites (N-methyl/N-ethyl adjacent to an activating group) is 1. The first-order chi connectivity index (χ1) is 10.6. The van der Waals surface area contributed by atoms with Gasteiger partial charge in [0.15, 0.2) is 4.93 Å². The van der Waals surface area contributed by atoms with E-state index in [0.717, 1.165) is 12.3 Å². The topological polar surface area (TPSA) is 12.5 Å². The van der Waals surface area contributed by atoms with Crippen LogP contribution in [-0.4, -0.2) is 29.5 Å². The number of rotatable bonds is 1. The summed E-state index contributed by atoms with van der Waals surface area (Å²) in [5.41, 5.74) is 2.97. The number of fused-ring (bicyclic) bond motifs is 2. The van der Waals surface area contributed by atoms with Gasteiger partial charge in [-0.1, -0.05) is 41.6 Å². The van der Waals surface area contributed by atoms with Crippen molar-refractivity contribution in [3.63, 3.8) is 0 Å². The van der Waals surface area contributed by atoms with Gasteiger partial charge in [-0.2, -0.15) is 0 Å². The number of allylic oxidation sites excluding steroid dienone is 2. The van der Waals surface area contributed by atoms with Crippen molar-refractivity contribution in [2.45, 2.75) is 47.5 Å². The molecule has 1 aromatic carbocycles. The highest BCUT2D eigenvalue weighted by Gasteiger charge is 2.52. The van der Waals surface area contributed by atoms with E-state index in [1.807, 2.05) is 11.8 Å². The van der Waals surface area contributed by atoms with Crippen LogP contribution in [0.15, 0.2) is 46.9 Å². The molecule has 22 heavy (non-hydrogen) atoms. The number of nitrogens with zero attached hydrogens (tertiary/aromatic N) is 1. The summed E-state index contributed by atoms with van der Waals surface area (Å²) in [5.74, 6) is 1.09. The van der Waals surface area contributed by atoms with Gasteiger partial charge in [-0.25, -0.2) is 0 Å². The van der Waals surface area contributed by atoms with Gasteiger partial charge in [0.25, 0.3) is 0 Å². The molecule has 2 fully saturated rings. The van der Waals surface area contributed by atoms with Gasteiger partial charge in [0.1, 0.15) is 5.75 Å². The van der Waals surface area contributed by atoms with Crippen molar-refractivity contribution in [3.8, 4) is 5.75 Å². The number of benzene rings is 1. The summed E-state index contributed by atoms with van der Waals surface area (Å²) in [6.45, 7) is 3.36. The fourth-order valence-electron chi connectivity index (χ4n) is 4.18. The van der Waals surface area contributed by atoms with Crippen LogP contribution in [0.4, 0.5) is 0 Å². The smallest absolute Gasteiger partial charge is 0.159 e. The van der Waals surface area contributed by atoms with Crippen molar-refractivity contribution >= 4 is 11.8 Å². The highest BCUT2D eigenvalue weighted by molar-refractivity contribution is 8.01. The molecule has 2 heterocycles. The van der Waals surface area contributed by atoms with Crippen LogP contribution < -0.4 is 4.74 Å². The summed E-state index contributed by atoms with van der Waals surface area (Å²) in [5, 5.41) is 0. The van der Waals surface area contributed by atoms with Crippen LogP contribution in [0.3, 0.4) is 0 Å². The lowest BCUT2D eigenvalue weighted by atomic mass is 9.71. The zero-order valence-corrected chi connectivity index (χ0v) is 14.0. The molecule has 0 bridgehead atoms. The molecule has 1 aromatic rings. The van der Waals surface area contributed by atoms with Gasteiger partial charge in [-0.3, -0.25) is 4.90 Å². The maximum Gasteiger partial charge on any atom is 0.159 e. The molecule has 2 nitrogen and oxygen atoms in total. The summed E-state index contributed by atoms with van der Waals surface area (Å²) < 4.78 is 6.12. The molecule has 0 N–H and O–H groups in total. The van der Waals surface area contributed by atoms with Gasteiger partial charge < -0.3 is 4.74 Å². The largest absolute Gasteiger partial charge is 0.475 e. The normalized spacial score (nSPS) is 34.3. The van der Waals surface area contributed by atoms with Crippen LogP contribution in [0.1, 0.15) is 31.7 Å². The lowest BCUT2D eigenvalue weighted by Gasteiger charge is -2.36. The molecule has 0 amide bonds. The van der Waals surface area contributed by atoms with E-state index in [-0.39, 0.29) is 10.3 Å². The Morgan fingerprint density at radius 3 is 2.95 bits per heavy atom. The quantitative estimate of drug-likeness (QED) is 0.774. The maximum atomic E-state index is 6.12. The molecule has 1 saturated carbocycles. The second-order valence-corrected chi connectivity index (χ2v) is 8.62. The maximum absolute atomic E-state index is 6.12. The van der Waals surface area contributed by atoms with E-state index in [2.05, 4.69) is 55.3 Å². The van der Waals surface area contributed by atoms with E-state index >= 15 is 0 Å². The Kier molecular flexibility index (Phi) is 2.54. The van der Waals surface area contributed by atoms with E-state index in [9.17, 15) is 0 Å². The predicted octanol–water partition coefficient (Wildman–Crippen LogP) is 4.12. The average Bonchev–Trinajstić information content (AvgIpc) is 3.02. The molecule has 114 valence electrons. The van der Waals surface area contributed by atoms with Gasteiger partial charge >= 0.3 is 0 Å². The summed E-state index contributed by atoms with van der Waals surface area (Å²) in [4.78, 5) is 3.94. The van der Waals surface area contributed by atoms with Gasteiger partial charge in [0.2, 0.25) is 0 Å². The molecular weight excluding hydrogens is 290 g/mol. The number of thioether (sulfide) groups is 1. The van der Waals surface area contributed by atoms with E-state index in [4.69, 9.17) is 4.74 Å². The zero-order valence-electron chi connectivity index (χ0n) is 13.1. The minimum atomic E-state index is 0.101. The lowest BCUT2D eigenvalue weighted by Crippen LogP contribution is -2.39. The fraction of sp³-hybridized carbons (Fsp3) is 0.474. The first-order valence-electron chi connectivity index (χ1n) is 8.21. The molecule has 0 unspecified atom stereocenters. The van der Waals surface area contributed by atoms with E-state index in [1.54, 1.807) is 0 Å². The second-order valence-electron chi connectivity index (χ2n) is 7.24. The molecule has 0 aromatic heterocycles. The van der Waals surface area contributed by atoms with Crippen LogP contribution in [0.25, 0.3) is 0 Å². The second kappa shape index (κ2) is 4.21. The highest BCUT2D eigenvalue weighted by Crippen LogP contribution is 2.60. The predicted molar refractivity (Wildman–Crippen MR) is 90.5 cm³/mol. The van der Waals surface area contributed by atoms with Crippen LogP contribution >= 0.6 is 11.8 Å². The van der Waals surface area contributed by atoms with Gasteiger partial charge in [-0.05, 0) is 44.6 Å². The van der Waals surface area contributed by atoms with Gasteiger partial charge in [-0.15, -0.1) is 0 Å². The van der Waals surface area contributed by atoms with Crippen molar-refractivity contribution in [2.75, 3.05) is 13.6 Å². The number of likely N-dealkylation sites (tertiary alicyclic amines) is 1. The summed E-state index contributed by atoms with van der Waals surface area (Å²) in [6, 6.07) is 7.38. The van der Waals surface area contributed by atoms with Crippen molar-refractivity contribution in [3.05, 3.63) is 47.6 Å². The van der Waals surface area contributed by atoms with Crippen LogP contribution in [0, 0.1) is 0 Å². The Morgan fingerprint density at radius 2 is 2.14 bits per heavy atom. The van der Waals surface area contributed by atoms with Gasteiger partial charge in [0.05, 0.1) is 4.90 Å². The van der Waals surface area contributed by atoms with Gasteiger partial charge in [0, 0.05) is 24.3 Å². The standard InChI is InChI=1S/C19H21NOS/c1-13-5-6-18(9-10-20(2)17(18)11-13)14-3-4-15-16(12-14)22-19(21-15)7-8-19/h3-6,11-12,17H,7-10H2,1-2H3/t17-,18-/m0/s1. The average molecular weight is 311 g/mol. The van der Waals surface area contributed by atoms with E-state index in [1.165, 1.54) is 35.3 Å². The molecule has 2 aliphatic carbocycles. The molecule has 5 rings (SSSR count). The monoisotopic (exact) mass is 311 g/mol. The first-order valence-corrected chi connectivity index (χ1v) is 9.02. The third-order valence-electron chi connectivity index (χ3n) is 5.68. The number of ether oxygens (including phenoxy) is 1. The highest BCUT2D eigenvalue weighted by atomic mass is 32.2. The SMILES string of the molecule is CC1=C[C@@H]2N(C)CC[C@]2(c2ccc3c(c2)SC2(CC2)O3)C=C1. The summed E-state index contributed by atoms with van der Waals surface area (Å²) in [7, 11) is 2.25. The molecule has 4 aliphatic rings. The minimum absolute atomic E-state index is 0.101.